The van der Waals surface area contributed by atoms with Gasteiger partial charge >= 0.3 is 0 Å². The summed E-state index contributed by atoms with van der Waals surface area (Å²) < 4.78 is 23.5. The van der Waals surface area contributed by atoms with Gasteiger partial charge in [-0.3, -0.25) is 5.32 Å². The number of hydrogen-bond donors (Lipinski definition) is 3. The van der Waals surface area contributed by atoms with Crippen LogP contribution in [0.1, 0.15) is 18.3 Å². The number of aliphatic hydroxyl groups excluding tert-OH is 1. The first kappa shape index (κ1) is 22.2. The van der Waals surface area contributed by atoms with Crippen molar-refractivity contribution < 1.29 is 24.1 Å². The Kier molecular flexibility index (Phi) is 6.84. The molecule has 8 nitrogen and oxygen atoms in total. The normalized spacial score (nSPS) is 22.5. The summed E-state index contributed by atoms with van der Waals surface area (Å²) in [5.41, 5.74) is 2.74. The lowest BCUT2D eigenvalue weighted by Crippen LogP contribution is -2.29. The monoisotopic (exact) mass is 469 g/mol. The summed E-state index contributed by atoms with van der Waals surface area (Å²) in [6.45, 7) is 1.82. The lowest BCUT2D eigenvalue weighted by atomic mass is 10.1. The lowest BCUT2D eigenvalue weighted by molar-refractivity contribution is 0.0965. The first-order valence-corrected chi connectivity index (χ1v) is 12.2. The van der Waals surface area contributed by atoms with Gasteiger partial charge in [-0.1, -0.05) is 0 Å². The molecule has 2 saturated heterocycles. The predicted molar refractivity (Wildman–Crippen MR) is 125 cm³/mol. The van der Waals surface area contributed by atoms with E-state index >= 15 is 0 Å². The zero-order valence-electron chi connectivity index (χ0n) is 18.3. The van der Waals surface area contributed by atoms with Crippen LogP contribution in [0.25, 0.3) is 11.3 Å². The molecule has 0 spiro atoms. The summed E-state index contributed by atoms with van der Waals surface area (Å²) in [6, 6.07) is 13.6. The number of benzene rings is 1. The van der Waals surface area contributed by atoms with Gasteiger partial charge in [-0.2, -0.15) is 0 Å². The van der Waals surface area contributed by atoms with Gasteiger partial charge < -0.3 is 29.0 Å². The molecule has 4 heterocycles. The molecule has 2 aliphatic rings. The molecule has 33 heavy (non-hydrogen) atoms. The highest BCUT2D eigenvalue weighted by molar-refractivity contribution is 7.98. The molecule has 2 aliphatic heterocycles. The third-order valence-electron chi connectivity index (χ3n) is 5.60. The van der Waals surface area contributed by atoms with Crippen molar-refractivity contribution in [1.82, 2.24) is 15.3 Å². The number of aromatic nitrogens is 2. The first-order valence-electron chi connectivity index (χ1n) is 11.0. The third-order valence-corrected chi connectivity index (χ3v) is 6.26. The van der Waals surface area contributed by atoms with Gasteiger partial charge in [0, 0.05) is 23.7 Å². The van der Waals surface area contributed by atoms with E-state index in [0.717, 1.165) is 34.1 Å². The second kappa shape index (κ2) is 10.1. The summed E-state index contributed by atoms with van der Waals surface area (Å²) >= 11 is 1.59. The molecule has 0 amide bonds. The number of pyridine rings is 1. The fourth-order valence-corrected chi connectivity index (χ4v) is 4.24. The molecule has 174 valence electrons. The molecule has 0 saturated carbocycles. The SMILES string of the molecule is CSc1ccc(Oc2cc(O[C@H]3CCOC3)cc(-c3ccc(C4N[C@H](CO)CO4)[nH]3)c2)cn1. The molecule has 3 atom stereocenters. The molecule has 0 radical (unpaired) electrons. The molecule has 3 aromatic rings. The van der Waals surface area contributed by atoms with Crippen LogP contribution in [-0.4, -0.2) is 59.9 Å². The first-order chi connectivity index (χ1) is 16.2. The maximum Gasteiger partial charge on any atom is 0.149 e. The van der Waals surface area contributed by atoms with Crippen LogP contribution >= 0.6 is 11.8 Å². The fraction of sp³-hybridized carbons (Fsp3) is 0.375. The van der Waals surface area contributed by atoms with Crippen molar-refractivity contribution in [3.8, 4) is 28.5 Å². The van der Waals surface area contributed by atoms with Crippen LogP contribution in [0.15, 0.2) is 53.7 Å². The highest BCUT2D eigenvalue weighted by atomic mass is 32.2. The van der Waals surface area contributed by atoms with E-state index in [2.05, 4.69) is 15.3 Å². The van der Waals surface area contributed by atoms with Crippen LogP contribution < -0.4 is 14.8 Å². The molecular formula is C24H27N3O5S. The van der Waals surface area contributed by atoms with E-state index in [1.54, 1.807) is 18.0 Å². The quantitative estimate of drug-likeness (QED) is 0.429. The van der Waals surface area contributed by atoms with E-state index in [1.165, 1.54) is 0 Å². The van der Waals surface area contributed by atoms with E-state index in [0.29, 0.717) is 31.3 Å². The zero-order valence-corrected chi connectivity index (χ0v) is 19.1. The molecule has 1 unspecified atom stereocenters. The minimum atomic E-state index is -0.275. The Morgan fingerprint density at radius 1 is 1.12 bits per heavy atom. The van der Waals surface area contributed by atoms with E-state index in [9.17, 15) is 5.11 Å². The van der Waals surface area contributed by atoms with Crippen LogP contribution in [0, 0.1) is 0 Å². The van der Waals surface area contributed by atoms with Gasteiger partial charge in [0.15, 0.2) is 0 Å². The Morgan fingerprint density at radius 2 is 2.03 bits per heavy atom. The van der Waals surface area contributed by atoms with Crippen molar-refractivity contribution in [3.05, 3.63) is 54.4 Å². The molecule has 5 rings (SSSR count). The minimum Gasteiger partial charge on any atom is -0.488 e. The lowest BCUT2D eigenvalue weighted by Gasteiger charge is -2.15. The average Bonchev–Trinajstić information content (AvgIpc) is 3.61. The molecule has 2 fully saturated rings. The van der Waals surface area contributed by atoms with Crippen molar-refractivity contribution in [1.29, 1.82) is 0 Å². The van der Waals surface area contributed by atoms with Crippen molar-refractivity contribution in [2.24, 2.45) is 0 Å². The summed E-state index contributed by atoms with van der Waals surface area (Å²) in [5, 5.41) is 13.5. The largest absolute Gasteiger partial charge is 0.488 e. The number of aliphatic hydroxyl groups is 1. The van der Waals surface area contributed by atoms with Crippen molar-refractivity contribution in [2.45, 2.75) is 29.8 Å². The number of aromatic amines is 1. The highest BCUT2D eigenvalue weighted by Gasteiger charge is 2.26. The Morgan fingerprint density at radius 3 is 2.76 bits per heavy atom. The zero-order chi connectivity index (χ0) is 22.6. The summed E-state index contributed by atoms with van der Waals surface area (Å²) in [5.74, 6) is 2.04. The van der Waals surface area contributed by atoms with E-state index in [-0.39, 0.29) is 25.0 Å². The predicted octanol–water partition coefficient (Wildman–Crippen LogP) is 3.74. The molecule has 0 aliphatic carbocycles. The number of H-pyrrole nitrogens is 1. The van der Waals surface area contributed by atoms with E-state index in [4.69, 9.17) is 18.9 Å². The van der Waals surface area contributed by atoms with Gasteiger partial charge in [-0.25, -0.2) is 4.98 Å². The number of thioether (sulfide) groups is 1. The van der Waals surface area contributed by atoms with Crippen LogP contribution in [0.2, 0.25) is 0 Å². The Balaban J connectivity index is 1.41. The van der Waals surface area contributed by atoms with Crippen molar-refractivity contribution >= 4 is 11.8 Å². The van der Waals surface area contributed by atoms with Crippen molar-refractivity contribution in [2.75, 3.05) is 32.7 Å². The molecule has 9 heteroatoms. The number of nitrogens with one attached hydrogen (secondary N) is 2. The van der Waals surface area contributed by atoms with Crippen molar-refractivity contribution in [3.63, 3.8) is 0 Å². The second-order valence-corrected chi connectivity index (χ2v) is 8.85. The third kappa shape index (κ3) is 5.34. The summed E-state index contributed by atoms with van der Waals surface area (Å²) in [7, 11) is 0. The Labute approximate surface area is 196 Å². The topological polar surface area (TPSA) is 97.9 Å². The molecule has 0 bridgehead atoms. The van der Waals surface area contributed by atoms with Gasteiger partial charge in [0.2, 0.25) is 0 Å². The molecular weight excluding hydrogens is 442 g/mol. The Hall–Kier alpha value is -2.56. The van der Waals surface area contributed by atoms with Crippen LogP contribution in [0.3, 0.4) is 0 Å². The van der Waals surface area contributed by atoms with Gasteiger partial charge in [0.1, 0.15) is 29.6 Å². The van der Waals surface area contributed by atoms with Gasteiger partial charge in [-0.05, 0) is 42.7 Å². The smallest absolute Gasteiger partial charge is 0.149 e. The second-order valence-electron chi connectivity index (χ2n) is 8.02. The van der Waals surface area contributed by atoms with Gasteiger partial charge in [0.25, 0.3) is 0 Å². The summed E-state index contributed by atoms with van der Waals surface area (Å²) in [4.78, 5) is 7.81. The minimum absolute atomic E-state index is 0.0290. The Bertz CT molecular complexity index is 1070. The average molecular weight is 470 g/mol. The molecule has 2 aromatic heterocycles. The summed E-state index contributed by atoms with van der Waals surface area (Å²) in [6.07, 6.45) is 4.33. The van der Waals surface area contributed by atoms with Crippen LogP contribution in [0.4, 0.5) is 0 Å². The molecule has 1 aromatic carbocycles. The maximum absolute atomic E-state index is 9.35. The van der Waals surface area contributed by atoms with Crippen LogP contribution in [0.5, 0.6) is 17.2 Å². The number of hydrogen-bond acceptors (Lipinski definition) is 8. The number of ether oxygens (including phenoxy) is 4. The highest BCUT2D eigenvalue weighted by Crippen LogP contribution is 2.34. The number of rotatable bonds is 8. The fourth-order valence-electron chi connectivity index (χ4n) is 3.88. The number of nitrogens with zero attached hydrogens (tertiary/aromatic N) is 1. The standard InChI is InChI=1S/C24H27N3O5S/c1-33-23-5-2-17(11-25-23)31-19-8-15(9-20(10-19)32-18-6-7-29-14-18)21-3-4-22(27-21)24-26-16(12-28)13-30-24/h2-5,8-11,16,18,24,26-28H,6-7,12-14H2,1H3/t16-,18+,24?/m1/s1. The van der Waals surface area contributed by atoms with Gasteiger partial charge in [0.05, 0.1) is 49.4 Å². The van der Waals surface area contributed by atoms with E-state index < -0.39 is 0 Å². The van der Waals surface area contributed by atoms with Gasteiger partial charge in [-0.15, -0.1) is 11.8 Å². The molecule has 3 N–H and O–H groups in total. The van der Waals surface area contributed by atoms with Crippen LogP contribution in [-0.2, 0) is 9.47 Å². The maximum atomic E-state index is 9.35. The van der Waals surface area contributed by atoms with E-state index in [1.807, 2.05) is 48.7 Å².